The zero-order chi connectivity index (χ0) is 13.8. The van der Waals surface area contributed by atoms with Gasteiger partial charge in [0.05, 0.1) is 6.10 Å². The molecule has 1 aliphatic carbocycles. The van der Waals surface area contributed by atoms with Crippen molar-refractivity contribution in [3.63, 3.8) is 0 Å². The van der Waals surface area contributed by atoms with E-state index in [0.29, 0.717) is 5.75 Å². The maximum atomic E-state index is 11.2. The predicted octanol–water partition coefficient (Wildman–Crippen LogP) is 2.76. The van der Waals surface area contributed by atoms with Crippen LogP contribution in [0.4, 0.5) is 0 Å². The largest absolute Gasteiger partial charge is 0.489 e. The monoisotopic (exact) mass is 281 g/mol. The maximum absolute atomic E-state index is 11.2. The van der Waals surface area contributed by atoms with Crippen LogP contribution in [0.2, 0.25) is 0 Å². The van der Waals surface area contributed by atoms with Crippen molar-refractivity contribution in [2.45, 2.75) is 42.7 Å². The van der Waals surface area contributed by atoms with E-state index < -0.39 is 5.97 Å². The normalized spacial score (nSPS) is 23.1. The number of hydrogen-bond donors (Lipinski definition) is 2. The van der Waals surface area contributed by atoms with Gasteiger partial charge in [0, 0.05) is 10.9 Å². The molecule has 3 N–H and O–H groups in total. The Morgan fingerprint density at radius 1 is 1.37 bits per heavy atom. The summed E-state index contributed by atoms with van der Waals surface area (Å²) in [5, 5.41) is 9.19. The summed E-state index contributed by atoms with van der Waals surface area (Å²) in [6.07, 6.45) is 5.70. The van der Waals surface area contributed by atoms with Crippen LogP contribution in [-0.4, -0.2) is 29.5 Å². The van der Waals surface area contributed by atoms with Crippen molar-refractivity contribution >= 4 is 17.7 Å². The lowest BCUT2D eigenvalue weighted by atomic mass is 9.93. The van der Waals surface area contributed by atoms with Gasteiger partial charge in [-0.05, 0) is 50.1 Å². The lowest BCUT2D eigenvalue weighted by Crippen LogP contribution is -2.32. The Morgan fingerprint density at radius 3 is 2.63 bits per heavy atom. The van der Waals surface area contributed by atoms with Gasteiger partial charge in [0.1, 0.15) is 11.3 Å². The molecule has 104 valence electrons. The summed E-state index contributed by atoms with van der Waals surface area (Å²) in [5.74, 6) is -0.477. The van der Waals surface area contributed by atoms with Gasteiger partial charge >= 0.3 is 5.97 Å². The van der Waals surface area contributed by atoms with E-state index in [1.807, 2.05) is 12.3 Å². The fourth-order valence-corrected chi connectivity index (χ4v) is 2.72. The highest BCUT2D eigenvalue weighted by Crippen LogP contribution is 2.29. The lowest BCUT2D eigenvalue weighted by Gasteiger charge is -2.27. The molecule has 0 unspecified atom stereocenters. The molecule has 0 bridgehead atoms. The zero-order valence-corrected chi connectivity index (χ0v) is 11.8. The number of nitrogens with two attached hydrogens (primary N) is 1. The molecule has 19 heavy (non-hydrogen) atoms. The molecule has 0 amide bonds. The summed E-state index contributed by atoms with van der Waals surface area (Å²) in [4.78, 5) is 12.2. The SMILES string of the molecule is CSc1ccc(C(=O)O)c(OC2CCC(N)CC2)c1. The van der Waals surface area contributed by atoms with Gasteiger partial charge in [-0.15, -0.1) is 11.8 Å². The molecule has 1 aromatic rings. The van der Waals surface area contributed by atoms with Crippen LogP contribution in [0.25, 0.3) is 0 Å². The summed E-state index contributed by atoms with van der Waals surface area (Å²) >= 11 is 1.57. The molecule has 0 atom stereocenters. The van der Waals surface area contributed by atoms with E-state index in [-0.39, 0.29) is 17.7 Å². The van der Waals surface area contributed by atoms with Gasteiger partial charge in [-0.1, -0.05) is 0 Å². The quantitative estimate of drug-likeness (QED) is 0.830. The van der Waals surface area contributed by atoms with Crippen molar-refractivity contribution in [3.05, 3.63) is 23.8 Å². The van der Waals surface area contributed by atoms with Crippen LogP contribution in [-0.2, 0) is 0 Å². The number of thioether (sulfide) groups is 1. The number of rotatable bonds is 4. The molecule has 1 aromatic carbocycles. The lowest BCUT2D eigenvalue weighted by molar-refractivity contribution is 0.0685. The van der Waals surface area contributed by atoms with Crippen LogP contribution in [0.1, 0.15) is 36.0 Å². The first-order valence-corrected chi connectivity index (χ1v) is 7.66. The molecule has 1 saturated carbocycles. The van der Waals surface area contributed by atoms with Crippen molar-refractivity contribution in [3.8, 4) is 5.75 Å². The van der Waals surface area contributed by atoms with Gasteiger partial charge in [0.15, 0.2) is 0 Å². The minimum Gasteiger partial charge on any atom is -0.489 e. The van der Waals surface area contributed by atoms with Crippen LogP contribution < -0.4 is 10.5 Å². The Balaban J connectivity index is 2.15. The summed E-state index contributed by atoms with van der Waals surface area (Å²) in [6, 6.07) is 5.48. The average Bonchev–Trinajstić information content (AvgIpc) is 2.41. The summed E-state index contributed by atoms with van der Waals surface area (Å²) in [6.45, 7) is 0. The Labute approximate surface area is 117 Å². The summed E-state index contributed by atoms with van der Waals surface area (Å²) in [5.41, 5.74) is 6.09. The highest BCUT2D eigenvalue weighted by Gasteiger charge is 2.22. The third kappa shape index (κ3) is 3.64. The van der Waals surface area contributed by atoms with E-state index in [4.69, 9.17) is 10.5 Å². The molecule has 0 heterocycles. The second-order valence-electron chi connectivity index (χ2n) is 4.82. The number of carboxylic acids is 1. The van der Waals surface area contributed by atoms with Crippen LogP contribution in [0, 0.1) is 0 Å². The van der Waals surface area contributed by atoms with Crippen LogP contribution >= 0.6 is 11.8 Å². The van der Waals surface area contributed by atoms with Crippen molar-refractivity contribution < 1.29 is 14.6 Å². The number of ether oxygens (including phenoxy) is 1. The van der Waals surface area contributed by atoms with Gasteiger partial charge in [0.2, 0.25) is 0 Å². The number of benzene rings is 1. The first-order chi connectivity index (χ1) is 9.10. The van der Waals surface area contributed by atoms with Crippen molar-refractivity contribution in [1.29, 1.82) is 0 Å². The fraction of sp³-hybridized carbons (Fsp3) is 0.500. The second kappa shape index (κ2) is 6.30. The van der Waals surface area contributed by atoms with E-state index in [2.05, 4.69) is 0 Å². The summed E-state index contributed by atoms with van der Waals surface area (Å²) in [7, 11) is 0. The molecule has 4 nitrogen and oxygen atoms in total. The highest BCUT2D eigenvalue weighted by atomic mass is 32.2. The van der Waals surface area contributed by atoms with Crippen molar-refractivity contribution in [1.82, 2.24) is 0 Å². The Kier molecular flexibility index (Phi) is 4.71. The molecule has 5 heteroatoms. The van der Waals surface area contributed by atoms with Crippen molar-refractivity contribution in [2.75, 3.05) is 6.26 Å². The van der Waals surface area contributed by atoms with E-state index in [9.17, 15) is 9.90 Å². The van der Waals surface area contributed by atoms with E-state index in [1.54, 1.807) is 23.9 Å². The van der Waals surface area contributed by atoms with Gasteiger partial charge in [-0.25, -0.2) is 4.79 Å². The first-order valence-electron chi connectivity index (χ1n) is 6.43. The molecule has 0 radical (unpaired) electrons. The minimum absolute atomic E-state index is 0.0787. The van der Waals surface area contributed by atoms with Gasteiger partial charge in [0.25, 0.3) is 0 Å². The third-order valence-electron chi connectivity index (χ3n) is 3.43. The molecule has 1 fully saturated rings. The Bertz CT molecular complexity index is 456. The number of hydrogen-bond acceptors (Lipinski definition) is 4. The first kappa shape index (κ1) is 14.2. The molecule has 0 aromatic heterocycles. The van der Waals surface area contributed by atoms with Gasteiger partial charge < -0.3 is 15.6 Å². The number of carboxylic acid groups (broad SMARTS) is 1. The molecular formula is C14H19NO3S. The molecule has 0 saturated heterocycles. The van der Waals surface area contributed by atoms with E-state index >= 15 is 0 Å². The second-order valence-corrected chi connectivity index (χ2v) is 5.70. The topological polar surface area (TPSA) is 72.5 Å². The molecule has 2 rings (SSSR count). The third-order valence-corrected chi connectivity index (χ3v) is 4.16. The van der Waals surface area contributed by atoms with Crippen LogP contribution in [0.15, 0.2) is 23.1 Å². The van der Waals surface area contributed by atoms with Gasteiger partial charge in [-0.3, -0.25) is 0 Å². The smallest absolute Gasteiger partial charge is 0.339 e. The average molecular weight is 281 g/mol. The van der Waals surface area contributed by atoms with Crippen LogP contribution in [0.5, 0.6) is 5.75 Å². The maximum Gasteiger partial charge on any atom is 0.339 e. The zero-order valence-electron chi connectivity index (χ0n) is 11.0. The molecule has 0 spiro atoms. The number of carbonyl (C=O) groups is 1. The van der Waals surface area contributed by atoms with Gasteiger partial charge in [-0.2, -0.15) is 0 Å². The Morgan fingerprint density at radius 2 is 2.05 bits per heavy atom. The van der Waals surface area contributed by atoms with E-state index in [0.717, 1.165) is 30.6 Å². The minimum atomic E-state index is -0.949. The molecule has 0 aliphatic heterocycles. The molecule has 1 aliphatic rings. The number of aromatic carboxylic acids is 1. The van der Waals surface area contributed by atoms with Crippen molar-refractivity contribution in [2.24, 2.45) is 5.73 Å². The fourth-order valence-electron chi connectivity index (χ4n) is 2.29. The highest BCUT2D eigenvalue weighted by molar-refractivity contribution is 7.98. The Hall–Kier alpha value is -1.20. The predicted molar refractivity (Wildman–Crippen MR) is 76.0 cm³/mol. The van der Waals surface area contributed by atoms with Crippen LogP contribution in [0.3, 0.4) is 0 Å². The standard InChI is InChI=1S/C14H19NO3S/c1-19-11-6-7-12(14(16)17)13(8-11)18-10-4-2-9(15)3-5-10/h6-10H,2-5,15H2,1H3,(H,16,17). The molecular weight excluding hydrogens is 262 g/mol. The van der Waals surface area contributed by atoms with E-state index in [1.165, 1.54) is 0 Å². The summed E-state index contributed by atoms with van der Waals surface area (Å²) < 4.78 is 5.89.